The molecular weight excluding hydrogens is 224 g/mol. The Morgan fingerprint density at radius 3 is 1.14 bits per heavy atom. The molecule has 5 nitrogen and oxygen atoms in total. The van der Waals surface area contributed by atoms with E-state index < -0.39 is 18.6 Å². The van der Waals surface area contributed by atoms with E-state index in [2.05, 4.69) is 13.8 Å². The Hall–Kier alpha value is 0.354. The first-order valence-corrected chi connectivity index (χ1v) is 6.73. The zero-order chi connectivity index (χ0) is 11.8. The molecule has 0 amide bonds. The third-order valence-electron chi connectivity index (χ3n) is 1.02. The van der Waals surface area contributed by atoms with Crippen LogP contribution in [0.15, 0.2) is 0 Å². The summed E-state index contributed by atoms with van der Waals surface area (Å²) in [6.45, 7) is 4.79. The second-order valence-corrected chi connectivity index (χ2v) is 3.32. The summed E-state index contributed by atoms with van der Waals surface area (Å²) >= 11 is -3.58. The Morgan fingerprint density at radius 1 is 0.929 bits per heavy atom. The van der Waals surface area contributed by atoms with Crippen LogP contribution in [0.2, 0.25) is 0 Å². The quantitative estimate of drug-likeness (QED) is 0.535. The van der Waals surface area contributed by atoms with Crippen LogP contribution in [0.3, 0.4) is 0 Å². The summed E-state index contributed by atoms with van der Waals surface area (Å²) in [6.07, 6.45) is 4.08. The normalized spacial score (nSPS) is 7.86. The van der Waals surface area contributed by atoms with E-state index in [0.717, 1.165) is 25.7 Å². The van der Waals surface area contributed by atoms with Gasteiger partial charge >= 0.3 is 29.3 Å². The van der Waals surface area contributed by atoms with E-state index in [9.17, 15) is 0 Å². The van der Waals surface area contributed by atoms with Gasteiger partial charge in [0.1, 0.15) is 0 Å². The SMILES string of the molecule is CCCCO.CCCCO.[O]=[Ti]([OH])[OH]. The third-order valence-corrected chi connectivity index (χ3v) is 1.02. The van der Waals surface area contributed by atoms with Gasteiger partial charge in [0.2, 0.25) is 0 Å². The van der Waals surface area contributed by atoms with Crippen LogP contribution in [-0.2, 0) is 21.9 Å². The first-order valence-electron chi connectivity index (χ1n) is 4.70. The predicted octanol–water partition coefficient (Wildman–Crippen LogP) is 0.322. The summed E-state index contributed by atoms with van der Waals surface area (Å²) in [4.78, 5) is 0. The van der Waals surface area contributed by atoms with Gasteiger partial charge in [-0.2, -0.15) is 0 Å². The molecular formula is C8H22O5Ti. The van der Waals surface area contributed by atoms with Crippen LogP contribution >= 0.6 is 0 Å². The van der Waals surface area contributed by atoms with Crippen molar-refractivity contribution < 1.29 is 39.5 Å². The minimum atomic E-state index is -3.58. The van der Waals surface area contributed by atoms with Crippen molar-refractivity contribution >= 4 is 0 Å². The summed E-state index contributed by atoms with van der Waals surface area (Å²) in [7, 11) is 0. The van der Waals surface area contributed by atoms with E-state index in [1.54, 1.807) is 0 Å². The van der Waals surface area contributed by atoms with Crippen LogP contribution in [0.4, 0.5) is 0 Å². The van der Waals surface area contributed by atoms with Crippen LogP contribution in [0.25, 0.3) is 0 Å². The van der Waals surface area contributed by atoms with Gasteiger partial charge in [-0.25, -0.2) is 0 Å². The zero-order valence-electron chi connectivity index (χ0n) is 8.94. The van der Waals surface area contributed by atoms with Crippen molar-refractivity contribution in [1.82, 2.24) is 0 Å². The van der Waals surface area contributed by atoms with Gasteiger partial charge in [-0.3, -0.25) is 0 Å². The topological polar surface area (TPSA) is 98.0 Å². The Morgan fingerprint density at radius 2 is 1.14 bits per heavy atom. The molecule has 0 aliphatic rings. The number of aliphatic hydroxyl groups is 2. The van der Waals surface area contributed by atoms with Gasteiger partial charge in [0.15, 0.2) is 0 Å². The van der Waals surface area contributed by atoms with Gasteiger partial charge < -0.3 is 10.2 Å². The maximum absolute atomic E-state index is 8.81. The van der Waals surface area contributed by atoms with E-state index >= 15 is 0 Å². The van der Waals surface area contributed by atoms with Crippen molar-refractivity contribution in [3.8, 4) is 0 Å². The number of unbranched alkanes of at least 4 members (excludes halogenated alkanes) is 2. The molecule has 0 saturated carbocycles. The average molecular weight is 246 g/mol. The van der Waals surface area contributed by atoms with Crippen LogP contribution in [0.5, 0.6) is 0 Å². The van der Waals surface area contributed by atoms with E-state index in [1.165, 1.54) is 0 Å². The number of hydrogen-bond donors (Lipinski definition) is 4. The standard InChI is InChI=1S/2C4H10O.2H2O.O.Ti/c2*1-2-3-4-5;;;;/h2*5H,2-4H2,1H3;2*1H2;;/q;;;;;+2/p-2. The molecule has 0 aliphatic carbocycles. The fourth-order valence-electron chi connectivity index (χ4n) is 0.316. The second-order valence-electron chi connectivity index (χ2n) is 2.44. The van der Waals surface area contributed by atoms with Crippen LogP contribution in [-0.4, -0.2) is 30.8 Å². The molecule has 0 aliphatic heterocycles. The molecule has 4 N–H and O–H groups in total. The summed E-state index contributed by atoms with van der Waals surface area (Å²) in [6, 6.07) is 0. The monoisotopic (exact) mass is 246 g/mol. The molecule has 0 fully saturated rings. The summed E-state index contributed by atoms with van der Waals surface area (Å²) < 4.78 is 23.2. The average Bonchev–Trinajstić information content (AvgIpc) is 2.07. The molecule has 0 rings (SSSR count). The predicted molar refractivity (Wildman–Crippen MR) is 49.1 cm³/mol. The van der Waals surface area contributed by atoms with Gasteiger partial charge in [-0.15, -0.1) is 0 Å². The van der Waals surface area contributed by atoms with Crippen molar-refractivity contribution in [2.45, 2.75) is 39.5 Å². The van der Waals surface area contributed by atoms with E-state index in [4.69, 9.17) is 20.9 Å². The third kappa shape index (κ3) is 84.0. The molecule has 0 radical (unpaired) electrons. The molecule has 88 valence electrons. The molecule has 6 heteroatoms. The number of aliphatic hydroxyl groups excluding tert-OH is 2. The van der Waals surface area contributed by atoms with Gasteiger partial charge in [0.05, 0.1) is 0 Å². The minimum absolute atomic E-state index is 0.344. The van der Waals surface area contributed by atoms with Crippen LogP contribution < -0.4 is 0 Å². The summed E-state index contributed by atoms with van der Waals surface area (Å²) in [5, 5.41) is 16.1. The molecule has 0 spiro atoms. The molecule has 0 aromatic heterocycles. The van der Waals surface area contributed by atoms with Gasteiger partial charge in [0.25, 0.3) is 0 Å². The Balaban J connectivity index is -0.000000131. The molecule has 0 atom stereocenters. The van der Waals surface area contributed by atoms with Crippen LogP contribution in [0.1, 0.15) is 39.5 Å². The number of hydrogen-bond acceptors (Lipinski definition) is 3. The van der Waals surface area contributed by atoms with Crippen molar-refractivity contribution in [1.29, 1.82) is 0 Å². The molecule has 0 aromatic carbocycles. The molecule has 14 heavy (non-hydrogen) atoms. The van der Waals surface area contributed by atoms with Crippen molar-refractivity contribution in [2.24, 2.45) is 0 Å². The van der Waals surface area contributed by atoms with E-state index in [0.29, 0.717) is 13.2 Å². The molecule has 0 saturated heterocycles. The fourth-order valence-corrected chi connectivity index (χ4v) is 0.316. The van der Waals surface area contributed by atoms with Crippen molar-refractivity contribution in [3.63, 3.8) is 0 Å². The molecule has 0 bridgehead atoms. The number of rotatable bonds is 4. The maximum atomic E-state index is 8.81. The van der Waals surface area contributed by atoms with Crippen molar-refractivity contribution in [3.05, 3.63) is 0 Å². The Labute approximate surface area is 92.5 Å². The molecule has 0 heterocycles. The second kappa shape index (κ2) is 23.3. The molecule has 0 aromatic rings. The summed E-state index contributed by atoms with van der Waals surface area (Å²) in [5.41, 5.74) is 0. The van der Waals surface area contributed by atoms with E-state index in [-0.39, 0.29) is 0 Å². The van der Waals surface area contributed by atoms with Crippen molar-refractivity contribution in [2.75, 3.05) is 13.2 Å². The first kappa shape index (κ1) is 19.9. The van der Waals surface area contributed by atoms with Gasteiger partial charge in [-0.05, 0) is 12.8 Å². The van der Waals surface area contributed by atoms with Gasteiger partial charge in [0, 0.05) is 13.2 Å². The molecule has 0 unspecified atom stereocenters. The zero-order valence-corrected chi connectivity index (χ0v) is 10.5. The van der Waals surface area contributed by atoms with Gasteiger partial charge in [-0.1, -0.05) is 26.7 Å². The summed E-state index contributed by atoms with van der Waals surface area (Å²) in [5.74, 6) is 0. The first-order chi connectivity index (χ1) is 6.56. The van der Waals surface area contributed by atoms with Crippen LogP contribution in [0, 0.1) is 0 Å². The Kier molecular flexibility index (Phi) is 33.0. The van der Waals surface area contributed by atoms with E-state index in [1.807, 2.05) is 0 Å². The Bertz CT molecular complexity index is 85.7. The fraction of sp³-hybridized carbons (Fsp3) is 1.00.